The smallest absolute Gasteiger partial charge is 0.304 e. The molecule has 0 atom stereocenters. The second-order valence-corrected chi connectivity index (χ2v) is 5.87. The second kappa shape index (κ2) is 5.80. The van der Waals surface area contributed by atoms with E-state index < -0.39 is 0 Å². The fourth-order valence-electron chi connectivity index (χ4n) is 2.47. The lowest BCUT2D eigenvalue weighted by molar-refractivity contribution is 0.274. The molecule has 2 rings (SSSR count). The molecule has 1 aromatic rings. The lowest BCUT2D eigenvalue weighted by Crippen LogP contribution is -2.43. The molecule has 96 valence electrons. The molecule has 0 aromatic carbocycles. The zero-order valence-electron chi connectivity index (χ0n) is 10.1. The minimum Gasteiger partial charge on any atom is -0.325 e. The first-order chi connectivity index (χ1) is 8.18. The third kappa shape index (κ3) is 3.94. The van der Waals surface area contributed by atoms with Crippen LogP contribution in [0.15, 0.2) is 10.2 Å². The first kappa shape index (κ1) is 12.8. The molecule has 4 nitrogen and oxygen atoms in total. The van der Waals surface area contributed by atoms with Gasteiger partial charge in [-0.15, -0.1) is 0 Å². The minimum absolute atomic E-state index is 0.0179. The summed E-state index contributed by atoms with van der Waals surface area (Å²) in [5.74, 6) is 0. The standard InChI is InChI=1S/C12H21N3OS/c13-12(4-2-1-3-5-12)6-7-14-8-10-9-17-11(16)15-10/h9,14H,1-8,13H2,(H,15,16). The molecule has 0 spiro atoms. The van der Waals surface area contributed by atoms with Gasteiger partial charge in [-0.2, -0.15) is 0 Å². The highest BCUT2D eigenvalue weighted by Crippen LogP contribution is 2.28. The fourth-order valence-corrected chi connectivity index (χ4v) is 3.05. The van der Waals surface area contributed by atoms with E-state index in [1.807, 2.05) is 5.38 Å². The molecular formula is C12H21N3OS. The molecule has 0 radical (unpaired) electrons. The molecule has 0 aliphatic heterocycles. The van der Waals surface area contributed by atoms with Crippen LogP contribution in [0.3, 0.4) is 0 Å². The maximum atomic E-state index is 10.9. The Labute approximate surface area is 106 Å². The summed E-state index contributed by atoms with van der Waals surface area (Å²) < 4.78 is 0. The highest BCUT2D eigenvalue weighted by molar-refractivity contribution is 7.07. The number of hydrogen-bond acceptors (Lipinski definition) is 4. The third-order valence-corrected chi connectivity index (χ3v) is 4.25. The van der Waals surface area contributed by atoms with Crippen molar-refractivity contribution in [3.05, 3.63) is 20.7 Å². The van der Waals surface area contributed by atoms with Gasteiger partial charge in [0.15, 0.2) is 0 Å². The summed E-state index contributed by atoms with van der Waals surface area (Å²) in [6, 6.07) is 0. The number of rotatable bonds is 5. The molecule has 0 unspecified atom stereocenters. The van der Waals surface area contributed by atoms with E-state index in [0.29, 0.717) is 0 Å². The van der Waals surface area contributed by atoms with Gasteiger partial charge in [0.1, 0.15) is 0 Å². The molecular weight excluding hydrogens is 234 g/mol. The van der Waals surface area contributed by atoms with Gasteiger partial charge in [0.2, 0.25) is 0 Å². The van der Waals surface area contributed by atoms with Crippen LogP contribution >= 0.6 is 11.3 Å². The number of thiazole rings is 1. The third-order valence-electron chi connectivity index (χ3n) is 3.54. The van der Waals surface area contributed by atoms with Crippen LogP contribution in [-0.4, -0.2) is 17.1 Å². The molecule has 1 fully saturated rings. The Hall–Kier alpha value is -0.650. The zero-order valence-corrected chi connectivity index (χ0v) is 10.9. The summed E-state index contributed by atoms with van der Waals surface area (Å²) in [5.41, 5.74) is 7.36. The molecule has 1 aliphatic carbocycles. The molecule has 1 heterocycles. The summed E-state index contributed by atoms with van der Waals surface area (Å²) >= 11 is 1.21. The van der Waals surface area contributed by atoms with Crippen molar-refractivity contribution in [3.63, 3.8) is 0 Å². The largest absolute Gasteiger partial charge is 0.325 e. The Morgan fingerprint density at radius 1 is 1.41 bits per heavy atom. The van der Waals surface area contributed by atoms with Crippen molar-refractivity contribution in [3.8, 4) is 0 Å². The maximum Gasteiger partial charge on any atom is 0.304 e. The van der Waals surface area contributed by atoms with Crippen molar-refractivity contribution in [2.45, 2.75) is 50.6 Å². The molecule has 0 saturated heterocycles. The van der Waals surface area contributed by atoms with Crippen molar-refractivity contribution in [2.24, 2.45) is 5.73 Å². The molecule has 1 aromatic heterocycles. The maximum absolute atomic E-state index is 10.9. The van der Waals surface area contributed by atoms with Crippen LogP contribution in [-0.2, 0) is 6.54 Å². The summed E-state index contributed by atoms with van der Waals surface area (Å²) in [5, 5.41) is 5.21. The fraction of sp³-hybridized carbons (Fsp3) is 0.750. The zero-order chi connectivity index (χ0) is 12.1. The average molecular weight is 255 g/mol. The van der Waals surface area contributed by atoms with Crippen molar-refractivity contribution < 1.29 is 0 Å². The minimum atomic E-state index is 0.0179. The van der Waals surface area contributed by atoms with Crippen molar-refractivity contribution >= 4 is 11.3 Å². The van der Waals surface area contributed by atoms with Crippen molar-refractivity contribution in [1.29, 1.82) is 0 Å². The van der Waals surface area contributed by atoms with Gasteiger partial charge in [-0.3, -0.25) is 4.79 Å². The Balaban J connectivity index is 1.67. The lowest BCUT2D eigenvalue weighted by atomic mass is 9.80. The normalized spacial score (nSPS) is 19.4. The Bertz CT molecular complexity index is 392. The highest BCUT2D eigenvalue weighted by atomic mass is 32.1. The van der Waals surface area contributed by atoms with Gasteiger partial charge in [0, 0.05) is 23.2 Å². The van der Waals surface area contributed by atoms with Crippen LogP contribution in [0.5, 0.6) is 0 Å². The van der Waals surface area contributed by atoms with Crippen LogP contribution in [0.4, 0.5) is 0 Å². The highest BCUT2D eigenvalue weighted by Gasteiger charge is 2.26. The number of H-pyrrole nitrogens is 1. The van der Waals surface area contributed by atoms with Gasteiger partial charge in [-0.25, -0.2) is 0 Å². The van der Waals surface area contributed by atoms with Crippen LogP contribution in [0, 0.1) is 0 Å². The van der Waals surface area contributed by atoms with E-state index >= 15 is 0 Å². The van der Waals surface area contributed by atoms with Gasteiger partial charge in [-0.05, 0) is 25.8 Å². The summed E-state index contributed by atoms with van der Waals surface area (Å²) in [6.45, 7) is 1.66. The van der Waals surface area contributed by atoms with Crippen molar-refractivity contribution in [1.82, 2.24) is 10.3 Å². The van der Waals surface area contributed by atoms with Crippen LogP contribution < -0.4 is 15.9 Å². The quantitative estimate of drug-likeness (QED) is 0.700. The van der Waals surface area contributed by atoms with E-state index in [0.717, 1.165) is 38.0 Å². The summed E-state index contributed by atoms with van der Waals surface area (Å²) in [4.78, 5) is 13.7. The van der Waals surface area contributed by atoms with Gasteiger partial charge >= 0.3 is 4.87 Å². The van der Waals surface area contributed by atoms with Gasteiger partial charge in [0.05, 0.1) is 0 Å². The molecule has 4 N–H and O–H groups in total. The molecule has 17 heavy (non-hydrogen) atoms. The second-order valence-electron chi connectivity index (χ2n) is 5.02. The number of nitrogens with one attached hydrogen (secondary N) is 2. The SMILES string of the molecule is NC1(CCNCc2csc(=O)[nH]2)CCCCC1. The van der Waals surface area contributed by atoms with Gasteiger partial charge in [0.25, 0.3) is 0 Å². The Kier molecular flexibility index (Phi) is 4.36. The number of nitrogens with two attached hydrogens (primary N) is 1. The average Bonchev–Trinajstić information content (AvgIpc) is 2.72. The molecule has 0 amide bonds. The van der Waals surface area contributed by atoms with Crippen LogP contribution in [0.25, 0.3) is 0 Å². The first-order valence-electron chi connectivity index (χ1n) is 6.34. The number of hydrogen-bond donors (Lipinski definition) is 3. The molecule has 0 bridgehead atoms. The van der Waals surface area contributed by atoms with E-state index in [1.165, 1.54) is 30.6 Å². The molecule has 1 aliphatic rings. The van der Waals surface area contributed by atoms with Gasteiger partial charge < -0.3 is 16.0 Å². The predicted octanol–water partition coefficient (Wildman–Crippen LogP) is 1.58. The summed E-state index contributed by atoms with van der Waals surface area (Å²) in [6.07, 6.45) is 7.22. The summed E-state index contributed by atoms with van der Waals surface area (Å²) in [7, 11) is 0. The molecule has 1 saturated carbocycles. The number of aromatic nitrogens is 1. The predicted molar refractivity (Wildman–Crippen MR) is 71.3 cm³/mol. The van der Waals surface area contributed by atoms with Gasteiger partial charge in [-0.1, -0.05) is 30.6 Å². The monoisotopic (exact) mass is 255 g/mol. The van der Waals surface area contributed by atoms with E-state index in [9.17, 15) is 4.79 Å². The van der Waals surface area contributed by atoms with E-state index in [4.69, 9.17) is 5.73 Å². The Morgan fingerprint density at radius 2 is 2.18 bits per heavy atom. The van der Waals surface area contributed by atoms with E-state index in [-0.39, 0.29) is 10.4 Å². The van der Waals surface area contributed by atoms with E-state index in [1.54, 1.807) is 0 Å². The molecule has 5 heteroatoms. The first-order valence-corrected chi connectivity index (χ1v) is 7.22. The lowest BCUT2D eigenvalue weighted by Gasteiger charge is -2.33. The van der Waals surface area contributed by atoms with Crippen LogP contribution in [0.2, 0.25) is 0 Å². The van der Waals surface area contributed by atoms with Crippen LogP contribution in [0.1, 0.15) is 44.2 Å². The topological polar surface area (TPSA) is 70.9 Å². The Morgan fingerprint density at radius 3 is 2.82 bits per heavy atom. The number of aromatic amines is 1. The van der Waals surface area contributed by atoms with Crippen molar-refractivity contribution in [2.75, 3.05) is 6.54 Å². The van der Waals surface area contributed by atoms with E-state index in [2.05, 4.69) is 10.3 Å².